The summed E-state index contributed by atoms with van der Waals surface area (Å²) < 4.78 is 0. The SMILES string of the molecule is CCNC(=NCCCCN1CCN(CC)CC1)N(C)Cc1ccc(SC)cc1. The molecule has 1 aliphatic heterocycles. The molecule has 0 aromatic heterocycles. The van der Waals surface area contributed by atoms with E-state index in [1.54, 1.807) is 11.8 Å². The Labute approximate surface area is 176 Å². The van der Waals surface area contributed by atoms with Crippen molar-refractivity contribution < 1.29 is 0 Å². The summed E-state index contributed by atoms with van der Waals surface area (Å²) in [4.78, 5) is 13.5. The maximum absolute atomic E-state index is 4.85. The quantitative estimate of drug-likeness (QED) is 0.280. The van der Waals surface area contributed by atoms with Crippen LogP contribution >= 0.6 is 11.8 Å². The highest BCUT2D eigenvalue weighted by Gasteiger charge is 2.14. The molecular weight excluding hydrogens is 366 g/mol. The number of hydrogen-bond acceptors (Lipinski definition) is 4. The molecule has 2 rings (SSSR count). The van der Waals surface area contributed by atoms with Crippen molar-refractivity contribution in [1.29, 1.82) is 0 Å². The number of guanidine groups is 1. The van der Waals surface area contributed by atoms with E-state index in [2.05, 4.69) is 71.4 Å². The number of nitrogens with one attached hydrogen (secondary N) is 1. The summed E-state index contributed by atoms with van der Waals surface area (Å²) in [7, 11) is 2.12. The third kappa shape index (κ3) is 8.02. The summed E-state index contributed by atoms with van der Waals surface area (Å²) in [6.07, 6.45) is 4.50. The third-order valence-corrected chi connectivity index (χ3v) is 6.07. The van der Waals surface area contributed by atoms with Crippen LogP contribution < -0.4 is 5.32 Å². The largest absolute Gasteiger partial charge is 0.357 e. The fourth-order valence-corrected chi connectivity index (χ4v) is 3.92. The summed E-state index contributed by atoms with van der Waals surface area (Å²) >= 11 is 1.78. The van der Waals surface area contributed by atoms with Crippen LogP contribution in [0.3, 0.4) is 0 Å². The Hall–Kier alpha value is -1.24. The molecule has 0 aliphatic carbocycles. The number of unbranched alkanes of at least 4 members (excludes halogenated alkanes) is 1. The Morgan fingerprint density at radius 1 is 1.07 bits per heavy atom. The molecule has 0 spiro atoms. The monoisotopic (exact) mass is 405 g/mol. The highest BCUT2D eigenvalue weighted by molar-refractivity contribution is 7.98. The van der Waals surface area contributed by atoms with E-state index in [0.717, 1.165) is 32.0 Å². The maximum atomic E-state index is 4.85. The zero-order valence-electron chi connectivity index (χ0n) is 18.3. The second kappa shape index (κ2) is 13.1. The second-order valence-corrected chi connectivity index (χ2v) is 8.30. The van der Waals surface area contributed by atoms with Gasteiger partial charge in [0.05, 0.1) is 0 Å². The van der Waals surface area contributed by atoms with Gasteiger partial charge in [-0.25, -0.2) is 0 Å². The van der Waals surface area contributed by atoms with Crippen LogP contribution in [0.1, 0.15) is 32.3 Å². The van der Waals surface area contributed by atoms with Gasteiger partial charge in [-0.1, -0.05) is 19.1 Å². The molecule has 1 aliphatic rings. The lowest BCUT2D eigenvalue weighted by molar-refractivity contribution is 0.136. The average Bonchev–Trinajstić information content (AvgIpc) is 2.73. The highest BCUT2D eigenvalue weighted by Crippen LogP contribution is 2.15. The fourth-order valence-electron chi connectivity index (χ4n) is 3.51. The summed E-state index contributed by atoms with van der Waals surface area (Å²) in [5.74, 6) is 1.01. The van der Waals surface area contributed by atoms with Crippen LogP contribution in [0.4, 0.5) is 0 Å². The van der Waals surface area contributed by atoms with Crippen LogP contribution in [0.25, 0.3) is 0 Å². The molecule has 0 atom stereocenters. The molecule has 0 bridgehead atoms. The number of aliphatic imine (C=N–C) groups is 1. The first-order valence-corrected chi connectivity index (χ1v) is 12.0. The van der Waals surface area contributed by atoms with E-state index in [4.69, 9.17) is 4.99 Å². The van der Waals surface area contributed by atoms with E-state index in [1.807, 2.05) is 0 Å². The minimum absolute atomic E-state index is 0.877. The molecule has 28 heavy (non-hydrogen) atoms. The molecule has 1 heterocycles. The van der Waals surface area contributed by atoms with E-state index in [9.17, 15) is 0 Å². The van der Waals surface area contributed by atoms with Gasteiger partial charge >= 0.3 is 0 Å². The Balaban J connectivity index is 1.73. The molecule has 158 valence electrons. The first-order chi connectivity index (χ1) is 13.7. The Bertz CT molecular complexity index is 567. The van der Waals surface area contributed by atoms with Crippen LogP contribution in [0.2, 0.25) is 0 Å². The third-order valence-electron chi connectivity index (χ3n) is 5.33. The van der Waals surface area contributed by atoms with Crippen molar-refractivity contribution in [2.45, 2.75) is 38.1 Å². The number of likely N-dealkylation sites (N-methyl/N-ethyl adjacent to an activating group) is 1. The number of rotatable bonds is 10. The van der Waals surface area contributed by atoms with E-state index < -0.39 is 0 Å². The Morgan fingerprint density at radius 3 is 2.36 bits per heavy atom. The molecular formula is C22H39N5S. The van der Waals surface area contributed by atoms with E-state index >= 15 is 0 Å². The van der Waals surface area contributed by atoms with E-state index in [-0.39, 0.29) is 0 Å². The number of piperazine rings is 1. The highest BCUT2D eigenvalue weighted by atomic mass is 32.2. The molecule has 6 heteroatoms. The van der Waals surface area contributed by atoms with Gasteiger partial charge in [-0.2, -0.15) is 0 Å². The van der Waals surface area contributed by atoms with Crippen molar-refractivity contribution in [3.05, 3.63) is 29.8 Å². The minimum atomic E-state index is 0.877. The average molecular weight is 406 g/mol. The number of benzene rings is 1. The van der Waals surface area contributed by atoms with Crippen molar-refractivity contribution in [2.24, 2.45) is 4.99 Å². The van der Waals surface area contributed by atoms with Crippen LogP contribution in [0.15, 0.2) is 34.2 Å². The van der Waals surface area contributed by atoms with Gasteiger partial charge < -0.3 is 20.0 Å². The predicted molar refractivity (Wildman–Crippen MR) is 123 cm³/mol. The van der Waals surface area contributed by atoms with Gasteiger partial charge in [0.25, 0.3) is 0 Å². The summed E-state index contributed by atoms with van der Waals surface area (Å²) in [5.41, 5.74) is 1.32. The van der Waals surface area contributed by atoms with Crippen molar-refractivity contribution in [2.75, 3.05) is 65.7 Å². The zero-order chi connectivity index (χ0) is 20.2. The lowest BCUT2D eigenvalue weighted by atomic mass is 10.2. The fraction of sp³-hybridized carbons (Fsp3) is 0.682. The predicted octanol–water partition coefficient (Wildman–Crippen LogP) is 3.22. The Morgan fingerprint density at radius 2 is 1.75 bits per heavy atom. The molecule has 1 N–H and O–H groups in total. The first kappa shape index (κ1) is 23.0. The van der Waals surface area contributed by atoms with Gasteiger partial charge in [0.15, 0.2) is 5.96 Å². The summed E-state index contributed by atoms with van der Waals surface area (Å²) in [6.45, 7) is 14.3. The summed E-state index contributed by atoms with van der Waals surface area (Å²) in [6, 6.07) is 8.81. The molecule has 1 aromatic rings. The molecule has 5 nitrogen and oxygen atoms in total. The topological polar surface area (TPSA) is 34.1 Å². The normalized spacial score (nSPS) is 16.4. The van der Waals surface area contributed by atoms with Crippen LogP contribution in [-0.4, -0.2) is 86.3 Å². The molecule has 0 saturated carbocycles. The van der Waals surface area contributed by atoms with Crippen LogP contribution in [0.5, 0.6) is 0 Å². The molecule has 1 aromatic carbocycles. The number of nitrogens with zero attached hydrogens (tertiary/aromatic N) is 4. The van der Waals surface area contributed by atoms with Crippen LogP contribution in [-0.2, 0) is 6.54 Å². The van der Waals surface area contributed by atoms with Gasteiger partial charge in [0.1, 0.15) is 0 Å². The van der Waals surface area contributed by atoms with Crippen molar-refractivity contribution >= 4 is 17.7 Å². The van der Waals surface area contributed by atoms with Crippen LogP contribution in [0, 0.1) is 0 Å². The minimum Gasteiger partial charge on any atom is -0.357 e. The first-order valence-electron chi connectivity index (χ1n) is 10.7. The van der Waals surface area contributed by atoms with E-state index in [0.29, 0.717) is 0 Å². The molecule has 0 radical (unpaired) electrons. The second-order valence-electron chi connectivity index (χ2n) is 7.42. The summed E-state index contributed by atoms with van der Waals surface area (Å²) in [5, 5.41) is 3.43. The van der Waals surface area contributed by atoms with Gasteiger partial charge in [-0.15, -0.1) is 11.8 Å². The zero-order valence-corrected chi connectivity index (χ0v) is 19.1. The van der Waals surface area contributed by atoms with Crippen molar-refractivity contribution in [3.63, 3.8) is 0 Å². The molecule has 1 saturated heterocycles. The van der Waals surface area contributed by atoms with Gasteiger partial charge in [0, 0.05) is 57.8 Å². The van der Waals surface area contributed by atoms with Gasteiger partial charge in [0.2, 0.25) is 0 Å². The molecule has 1 fully saturated rings. The van der Waals surface area contributed by atoms with Crippen molar-refractivity contribution in [3.8, 4) is 0 Å². The number of thioether (sulfide) groups is 1. The molecule has 0 amide bonds. The van der Waals surface area contributed by atoms with E-state index in [1.165, 1.54) is 56.1 Å². The van der Waals surface area contributed by atoms with Gasteiger partial charge in [-0.05, 0) is 56.8 Å². The smallest absolute Gasteiger partial charge is 0.193 e. The maximum Gasteiger partial charge on any atom is 0.193 e. The molecule has 0 unspecified atom stereocenters. The lowest BCUT2D eigenvalue weighted by Gasteiger charge is -2.33. The number of hydrogen-bond donors (Lipinski definition) is 1. The lowest BCUT2D eigenvalue weighted by Crippen LogP contribution is -2.46. The Kier molecular flexibility index (Phi) is 10.8. The van der Waals surface area contributed by atoms with Gasteiger partial charge in [-0.3, -0.25) is 4.99 Å². The standard InChI is InChI=1S/C22H39N5S/c1-5-23-22(25(3)19-20-9-11-21(28-4)12-10-20)24-13-7-8-14-27-17-15-26(6-2)16-18-27/h9-12H,5-8,13-19H2,1-4H3,(H,23,24). The van der Waals surface area contributed by atoms with Crippen molar-refractivity contribution in [1.82, 2.24) is 20.0 Å².